The van der Waals surface area contributed by atoms with E-state index in [1.54, 1.807) is 0 Å². The molecule has 110 valence electrons. The van der Waals surface area contributed by atoms with Gasteiger partial charge in [0.25, 0.3) is 0 Å². The first-order valence-electron chi connectivity index (χ1n) is 7.70. The second kappa shape index (κ2) is 4.58. The molecule has 4 nitrogen and oxygen atoms in total. The lowest BCUT2D eigenvalue weighted by Gasteiger charge is -2.20. The SMILES string of the molecule is C[C@]12C[C@H]1CN(C(=O)CC1CC(c3ccccc3)=NO1)C2. The van der Waals surface area contributed by atoms with Gasteiger partial charge in [-0.05, 0) is 23.3 Å². The van der Waals surface area contributed by atoms with Gasteiger partial charge in [0.15, 0.2) is 0 Å². The number of oxime groups is 1. The molecule has 2 fully saturated rings. The molecule has 1 saturated heterocycles. The van der Waals surface area contributed by atoms with Crippen LogP contribution < -0.4 is 0 Å². The van der Waals surface area contributed by atoms with Gasteiger partial charge < -0.3 is 9.74 Å². The molecule has 4 rings (SSSR count). The molecule has 2 aliphatic heterocycles. The van der Waals surface area contributed by atoms with E-state index in [4.69, 9.17) is 4.84 Å². The highest BCUT2D eigenvalue weighted by Gasteiger charge is 2.57. The molecule has 0 aromatic heterocycles. The first-order valence-corrected chi connectivity index (χ1v) is 7.70. The Labute approximate surface area is 124 Å². The number of piperidine rings is 1. The molecule has 3 atom stereocenters. The fourth-order valence-corrected chi connectivity index (χ4v) is 3.60. The summed E-state index contributed by atoms with van der Waals surface area (Å²) in [6, 6.07) is 10.0. The molecular formula is C17H20N2O2. The molecule has 1 amide bonds. The Morgan fingerprint density at radius 1 is 1.43 bits per heavy atom. The van der Waals surface area contributed by atoms with Gasteiger partial charge >= 0.3 is 0 Å². The third-order valence-corrected chi connectivity index (χ3v) is 5.13. The highest BCUT2D eigenvalue weighted by Crippen LogP contribution is 2.57. The van der Waals surface area contributed by atoms with Crippen molar-refractivity contribution in [1.29, 1.82) is 0 Å². The predicted octanol–water partition coefficient (Wildman–Crippen LogP) is 2.44. The van der Waals surface area contributed by atoms with Crippen molar-refractivity contribution < 1.29 is 9.63 Å². The van der Waals surface area contributed by atoms with Crippen molar-refractivity contribution >= 4 is 11.6 Å². The van der Waals surface area contributed by atoms with E-state index in [0.29, 0.717) is 11.8 Å². The zero-order valence-electron chi connectivity index (χ0n) is 12.3. The van der Waals surface area contributed by atoms with E-state index in [2.05, 4.69) is 12.1 Å². The molecule has 1 unspecified atom stereocenters. The van der Waals surface area contributed by atoms with Crippen molar-refractivity contribution in [2.75, 3.05) is 13.1 Å². The highest BCUT2D eigenvalue weighted by atomic mass is 16.6. The van der Waals surface area contributed by atoms with E-state index in [1.165, 1.54) is 6.42 Å². The molecule has 3 aliphatic rings. The van der Waals surface area contributed by atoms with Gasteiger partial charge in [0.1, 0.15) is 6.10 Å². The molecule has 1 saturated carbocycles. The highest BCUT2D eigenvalue weighted by molar-refractivity contribution is 6.01. The summed E-state index contributed by atoms with van der Waals surface area (Å²) in [6.45, 7) is 4.15. The number of carbonyl (C=O) groups excluding carboxylic acids is 1. The van der Waals surface area contributed by atoms with Crippen LogP contribution in [-0.2, 0) is 9.63 Å². The van der Waals surface area contributed by atoms with Gasteiger partial charge in [0.05, 0.1) is 12.1 Å². The molecule has 21 heavy (non-hydrogen) atoms. The minimum absolute atomic E-state index is 0.0996. The Hall–Kier alpha value is -1.84. The van der Waals surface area contributed by atoms with Crippen molar-refractivity contribution in [2.45, 2.75) is 32.3 Å². The molecule has 2 heterocycles. The van der Waals surface area contributed by atoms with E-state index in [1.807, 2.05) is 35.2 Å². The van der Waals surface area contributed by atoms with Gasteiger partial charge in [-0.1, -0.05) is 42.4 Å². The van der Waals surface area contributed by atoms with Crippen LogP contribution in [0.5, 0.6) is 0 Å². The third-order valence-electron chi connectivity index (χ3n) is 5.13. The Bertz CT molecular complexity index is 598. The molecule has 1 aliphatic carbocycles. The fraction of sp³-hybridized carbons (Fsp3) is 0.529. The number of likely N-dealkylation sites (tertiary alicyclic amines) is 1. The number of hydrogen-bond donors (Lipinski definition) is 0. The maximum atomic E-state index is 12.3. The van der Waals surface area contributed by atoms with Crippen molar-refractivity contribution in [3.63, 3.8) is 0 Å². The van der Waals surface area contributed by atoms with Gasteiger partial charge in [0.2, 0.25) is 5.91 Å². The molecular weight excluding hydrogens is 264 g/mol. The summed E-state index contributed by atoms with van der Waals surface area (Å²) in [5.41, 5.74) is 2.45. The maximum Gasteiger partial charge on any atom is 0.226 e. The monoisotopic (exact) mass is 284 g/mol. The van der Waals surface area contributed by atoms with E-state index in [0.717, 1.165) is 36.7 Å². The molecule has 1 aromatic carbocycles. The molecule has 0 bridgehead atoms. The van der Waals surface area contributed by atoms with Crippen molar-refractivity contribution in [1.82, 2.24) is 4.90 Å². The summed E-state index contributed by atoms with van der Waals surface area (Å²) < 4.78 is 0. The average Bonchev–Trinajstić information content (AvgIpc) is 2.86. The number of carbonyl (C=O) groups is 1. The number of fused-ring (bicyclic) bond motifs is 1. The second-order valence-corrected chi connectivity index (χ2v) is 6.87. The Morgan fingerprint density at radius 3 is 2.95 bits per heavy atom. The summed E-state index contributed by atoms with van der Waals surface area (Å²) in [5.74, 6) is 0.958. The first-order chi connectivity index (χ1) is 10.1. The third kappa shape index (κ3) is 2.33. The Balaban J connectivity index is 1.32. The van der Waals surface area contributed by atoms with Gasteiger partial charge in [-0.3, -0.25) is 4.79 Å². The summed E-state index contributed by atoms with van der Waals surface area (Å²) in [5, 5.41) is 4.15. The lowest BCUT2D eigenvalue weighted by Crippen LogP contribution is -2.33. The van der Waals surface area contributed by atoms with Crippen LogP contribution in [-0.4, -0.2) is 35.7 Å². The molecule has 0 spiro atoms. The van der Waals surface area contributed by atoms with Crippen LogP contribution in [0.3, 0.4) is 0 Å². The molecule has 0 N–H and O–H groups in total. The van der Waals surface area contributed by atoms with Gasteiger partial charge in [-0.25, -0.2) is 0 Å². The first kappa shape index (κ1) is 12.9. The summed E-state index contributed by atoms with van der Waals surface area (Å²) >= 11 is 0. The number of benzene rings is 1. The number of hydrogen-bond acceptors (Lipinski definition) is 3. The minimum Gasteiger partial charge on any atom is -0.391 e. The normalized spacial score (nSPS) is 33.4. The number of rotatable bonds is 3. The summed E-state index contributed by atoms with van der Waals surface area (Å²) in [7, 11) is 0. The standard InChI is InChI=1S/C17H20N2O2/c1-17-9-13(17)10-19(11-17)16(20)8-14-7-15(18-21-14)12-5-3-2-4-6-12/h2-6,13-14H,7-11H2,1H3/t13-,14?,17+/m0/s1. The van der Waals surface area contributed by atoms with Crippen LogP contribution in [0.2, 0.25) is 0 Å². The summed E-state index contributed by atoms with van der Waals surface area (Å²) in [4.78, 5) is 19.8. The zero-order chi connectivity index (χ0) is 14.4. The molecule has 0 radical (unpaired) electrons. The van der Waals surface area contributed by atoms with Crippen LogP contribution in [0.4, 0.5) is 0 Å². The van der Waals surface area contributed by atoms with E-state index >= 15 is 0 Å². The summed E-state index contributed by atoms with van der Waals surface area (Å²) in [6.07, 6.45) is 2.36. The Morgan fingerprint density at radius 2 is 2.24 bits per heavy atom. The largest absolute Gasteiger partial charge is 0.391 e. The van der Waals surface area contributed by atoms with Crippen molar-refractivity contribution in [3.8, 4) is 0 Å². The van der Waals surface area contributed by atoms with Crippen molar-refractivity contribution in [2.24, 2.45) is 16.5 Å². The quantitative estimate of drug-likeness (QED) is 0.855. The number of nitrogens with zero attached hydrogens (tertiary/aromatic N) is 2. The van der Waals surface area contributed by atoms with Crippen LogP contribution in [0.25, 0.3) is 0 Å². The maximum absolute atomic E-state index is 12.3. The molecule has 1 aromatic rings. The van der Waals surface area contributed by atoms with Gasteiger partial charge in [-0.15, -0.1) is 0 Å². The van der Waals surface area contributed by atoms with Crippen LogP contribution in [0.1, 0.15) is 31.7 Å². The van der Waals surface area contributed by atoms with E-state index < -0.39 is 0 Å². The van der Waals surface area contributed by atoms with E-state index in [9.17, 15) is 4.79 Å². The number of amides is 1. The van der Waals surface area contributed by atoms with Gasteiger partial charge in [0, 0.05) is 19.5 Å². The van der Waals surface area contributed by atoms with Crippen LogP contribution in [0, 0.1) is 11.3 Å². The lowest BCUT2D eigenvalue weighted by molar-refractivity contribution is -0.133. The van der Waals surface area contributed by atoms with Gasteiger partial charge in [-0.2, -0.15) is 0 Å². The Kier molecular flexibility index (Phi) is 2.81. The topological polar surface area (TPSA) is 41.9 Å². The van der Waals surface area contributed by atoms with Crippen LogP contribution in [0.15, 0.2) is 35.5 Å². The smallest absolute Gasteiger partial charge is 0.226 e. The lowest BCUT2D eigenvalue weighted by atomic mass is 10.0. The minimum atomic E-state index is -0.0996. The predicted molar refractivity (Wildman–Crippen MR) is 79.9 cm³/mol. The molecule has 4 heteroatoms. The zero-order valence-corrected chi connectivity index (χ0v) is 12.3. The van der Waals surface area contributed by atoms with Crippen LogP contribution >= 0.6 is 0 Å². The average molecular weight is 284 g/mol. The van der Waals surface area contributed by atoms with E-state index in [-0.39, 0.29) is 12.0 Å². The van der Waals surface area contributed by atoms with Crippen molar-refractivity contribution in [3.05, 3.63) is 35.9 Å². The fourth-order valence-electron chi connectivity index (χ4n) is 3.60. The second-order valence-electron chi connectivity index (χ2n) is 6.87.